The summed E-state index contributed by atoms with van der Waals surface area (Å²) in [4.78, 5) is 0. The first-order valence-electron chi connectivity index (χ1n) is 6.55. The number of hydrogen-bond acceptors (Lipinski definition) is 2. The monoisotopic (exact) mass is 329 g/mol. The highest BCUT2D eigenvalue weighted by Gasteiger charge is 2.07. The van der Waals surface area contributed by atoms with Crippen molar-refractivity contribution in [3.05, 3.63) is 58.2 Å². The normalized spacial score (nSPS) is 10.9. The zero-order valence-corrected chi connectivity index (χ0v) is 13.1. The molecule has 0 bridgehead atoms. The third-order valence-electron chi connectivity index (χ3n) is 3.34. The van der Waals surface area contributed by atoms with Crippen LogP contribution >= 0.6 is 15.9 Å². The van der Waals surface area contributed by atoms with Crippen molar-refractivity contribution in [3.8, 4) is 0 Å². The Morgan fingerprint density at radius 2 is 2.00 bits per heavy atom. The Morgan fingerprint density at radius 1 is 1.20 bits per heavy atom. The average molecular weight is 330 g/mol. The van der Waals surface area contributed by atoms with Gasteiger partial charge in [0, 0.05) is 22.6 Å². The smallest absolute Gasteiger partial charge is 0.0894 e. The molecule has 2 aromatic carbocycles. The van der Waals surface area contributed by atoms with Gasteiger partial charge in [-0.2, -0.15) is 5.10 Å². The van der Waals surface area contributed by atoms with Gasteiger partial charge in [-0.3, -0.25) is 4.68 Å². The van der Waals surface area contributed by atoms with E-state index in [0.29, 0.717) is 0 Å². The number of nitrogens with one attached hydrogen (secondary N) is 1. The van der Waals surface area contributed by atoms with Crippen LogP contribution in [-0.2, 0) is 13.6 Å². The second-order valence-corrected chi connectivity index (χ2v) is 5.87. The minimum atomic E-state index is 0.719. The Kier molecular flexibility index (Phi) is 3.49. The molecule has 0 aliphatic rings. The van der Waals surface area contributed by atoms with E-state index in [4.69, 9.17) is 0 Å². The third-order valence-corrected chi connectivity index (χ3v) is 3.79. The van der Waals surface area contributed by atoms with Crippen LogP contribution in [0.5, 0.6) is 0 Å². The first-order chi connectivity index (χ1) is 9.63. The lowest BCUT2D eigenvalue weighted by Gasteiger charge is -2.07. The molecule has 1 N–H and O–H groups in total. The van der Waals surface area contributed by atoms with Gasteiger partial charge in [0.15, 0.2) is 0 Å². The quantitative estimate of drug-likeness (QED) is 0.778. The first-order valence-corrected chi connectivity index (χ1v) is 7.34. The molecule has 0 saturated carbocycles. The summed E-state index contributed by atoms with van der Waals surface area (Å²) < 4.78 is 3.02. The van der Waals surface area contributed by atoms with Crippen LogP contribution < -0.4 is 5.32 Å². The molecular formula is C16H16BrN3. The highest BCUT2D eigenvalue weighted by Crippen LogP contribution is 2.21. The molecule has 0 aliphatic heterocycles. The maximum Gasteiger partial charge on any atom is 0.0894 e. The van der Waals surface area contributed by atoms with E-state index in [1.54, 1.807) is 0 Å². The predicted molar refractivity (Wildman–Crippen MR) is 86.9 cm³/mol. The van der Waals surface area contributed by atoms with Gasteiger partial charge in [-0.25, -0.2) is 0 Å². The van der Waals surface area contributed by atoms with E-state index in [1.165, 1.54) is 10.9 Å². The molecule has 0 aliphatic carbocycles. The van der Waals surface area contributed by atoms with E-state index in [-0.39, 0.29) is 0 Å². The second kappa shape index (κ2) is 5.29. The van der Waals surface area contributed by atoms with E-state index < -0.39 is 0 Å². The molecule has 3 rings (SSSR count). The molecule has 3 aromatic rings. The number of halogens is 1. The molecule has 0 fully saturated rings. The molecule has 0 spiro atoms. The van der Waals surface area contributed by atoms with Crippen LogP contribution in [-0.4, -0.2) is 9.78 Å². The lowest BCUT2D eigenvalue weighted by molar-refractivity contribution is 0.771. The van der Waals surface area contributed by atoms with Gasteiger partial charge in [0.2, 0.25) is 0 Å². The summed E-state index contributed by atoms with van der Waals surface area (Å²) in [5, 5.41) is 9.24. The molecular weight excluding hydrogens is 314 g/mol. The Bertz CT molecular complexity index is 741. The van der Waals surface area contributed by atoms with Crippen LogP contribution in [0.3, 0.4) is 0 Å². The molecule has 0 unspecified atom stereocenters. The van der Waals surface area contributed by atoms with Crippen molar-refractivity contribution in [1.82, 2.24) is 9.78 Å². The molecule has 0 saturated heterocycles. The van der Waals surface area contributed by atoms with Gasteiger partial charge in [0.25, 0.3) is 0 Å². The molecule has 0 atom stereocenters. The van der Waals surface area contributed by atoms with Gasteiger partial charge in [-0.05, 0) is 36.8 Å². The van der Waals surface area contributed by atoms with Crippen LogP contribution in [0.15, 0.2) is 46.9 Å². The van der Waals surface area contributed by atoms with E-state index in [0.717, 1.165) is 27.9 Å². The van der Waals surface area contributed by atoms with Crippen molar-refractivity contribution in [1.29, 1.82) is 0 Å². The average Bonchev–Trinajstić information content (AvgIpc) is 2.73. The molecule has 102 valence electrons. The van der Waals surface area contributed by atoms with E-state index in [1.807, 2.05) is 17.8 Å². The largest absolute Gasteiger partial charge is 0.379 e. The molecule has 0 radical (unpaired) electrons. The van der Waals surface area contributed by atoms with Crippen molar-refractivity contribution in [2.45, 2.75) is 13.5 Å². The van der Waals surface area contributed by atoms with Crippen LogP contribution in [0, 0.1) is 6.92 Å². The number of hydrogen-bond donors (Lipinski definition) is 1. The molecule has 3 nitrogen and oxygen atoms in total. The molecule has 20 heavy (non-hydrogen) atoms. The number of nitrogens with zero attached hydrogens (tertiary/aromatic N) is 2. The van der Waals surface area contributed by atoms with Crippen LogP contribution in [0.2, 0.25) is 0 Å². The van der Waals surface area contributed by atoms with E-state index >= 15 is 0 Å². The van der Waals surface area contributed by atoms with Crippen LogP contribution in [0.25, 0.3) is 10.9 Å². The fourth-order valence-corrected chi connectivity index (χ4v) is 3.05. The number of fused-ring (bicyclic) bond motifs is 1. The molecule has 1 heterocycles. The molecule has 1 aromatic heterocycles. The number of aromatic nitrogens is 2. The van der Waals surface area contributed by atoms with E-state index in [2.05, 4.69) is 69.7 Å². The van der Waals surface area contributed by atoms with Gasteiger partial charge in [0.05, 0.1) is 17.8 Å². The number of aryl methyl sites for hydroxylation is 2. The summed E-state index contributed by atoms with van der Waals surface area (Å²) >= 11 is 3.52. The van der Waals surface area contributed by atoms with Crippen molar-refractivity contribution in [3.63, 3.8) is 0 Å². The third kappa shape index (κ3) is 2.56. The summed E-state index contributed by atoms with van der Waals surface area (Å²) in [5.41, 5.74) is 4.56. The Balaban J connectivity index is 1.87. The number of para-hydroxylation sites is 1. The number of benzene rings is 2. The Hall–Kier alpha value is -1.81. The van der Waals surface area contributed by atoms with Gasteiger partial charge < -0.3 is 5.32 Å². The summed E-state index contributed by atoms with van der Waals surface area (Å²) in [6.07, 6.45) is 0. The summed E-state index contributed by atoms with van der Waals surface area (Å²) in [6.45, 7) is 2.81. The highest BCUT2D eigenvalue weighted by molar-refractivity contribution is 9.10. The zero-order valence-electron chi connectivity index (χ0n) is 11.5. The molecule has 0 amide bonds. The standard InChI is InChI=1S/C16H16BrN3/c1-11-7-12(17)9-13(8-11)18-10-15-14-5-3-4-6-16(14)20(2)19-15/h3-9,18H,10H2,1-2H3. The lowest BCUT2D eigenvalue weighted by Crippen LogP contribution is -2.01. The Morgan fingerprint density at radius 3 is 2.80 bits per heavy atom. The Labute approximate surface area is 126 Å². The lowest BCUT2D eigenvalue weighted by atomic mass is 10.2. The SMILES string of the molecule is Cc1cc(Br)cc(NCc2nn(C)c3ccccc23)c1. The van der Waals surface area contributed by atoms with Gasteiger partial charge in [-0.1, -0.05) is 34.1 Å². The fraction of sp³-hybridized carbons (Fsp3) is 0.188. The topological polar surface area (TPSA) is 29.9 Å². The number of rotatable bonds is 3. The first kappa shape index (κ1) is 13.2. The minimum absolute atomic E-state index is 0.719. The summed E-state index contributed by atoms with van der Waals surface area (Å²) in [5.74, 6) is 0. The fourth-order valence-electron chi connectivity index (χ4n) is 2.44. The maximum atomic E-state index is 4.59. The van der Waals surface area contributed by atoms with Crippen molar-refractivity contribution >= 4 is 32.5 Å². The highest BCUT2D eigenvalue weighted by atomic mass is 79.9. The van der Waals surface area contributed by atoms with Crippen LogP contribution in [0.1, 0.15) is 11.3 Å². The van der Waals surface area contributed by atoms with Crippen molar-refractivity contribution in [2.24, 2.45) is 7.05 Å². The maximum absolute atomic E-state index is 4.59. The predicted octanol–water partition coefficient (Wildman–Crippen LogP) is 4.26. The summed E-state index contributed by atoms with van der Waals surface area (Å²) in [7, 11) is 1.98. The number of anilines is 1. The summed E-state index contributed by atoms with van der Waals surface area (Å²) in [6, 6.07) is 14.6. The zero-order chi connectivity index (χ0) is 14.1. The van der Waals surface area contributed by atoms with Gasteiger partial charge in [-0.15, -0.1) is 0 Å². The second-order valence-electron chi connectivity index (χ2n) is 4.96. The van der Waals surface area contributed by atoms with E-state index in [9.17, 15) is 0 Å². The van der Waals surface area contributed by atoms with Crippen LogP contribution in [0.4, 0.5) is 5.69 Å². The minimum Gasteiger partial charge on any atom is -0.379 e. The van der Waals surface area contributed by atoms with Gasteiger partial charge in [0.1, 0.15) is 0 Å². The molecule has 4 heteroatoms. The van der Waals surface area contributed by atoms with Crippen molar-refractivity contribution < 1.29 is 0 Å². The van der Waals surface area contributed by atoms with Gasteiger partial charge >= 0.3 is 0 Å². The van der Waals surface area contributed by atoms with Crippen molar-refractivity contribution in [2.75, 3.05) is 5.32 Å².